The van der Waals surface area contributed by atoms with Gasteiger partial charge >= 0.3 is 0 Å². The van der Waals surface area contributed by atoms with E-state index in [1.807, 2.05) is 43.3 Å². The monoisotopic (exact) mass is 440 g/mol. The zero-order valence-electron chi connectivity index (χ0n) is 16.0. The molecule has 0 aliphatic carbocycles. The third-order valence-electron chi connectivity index (χ3n) is 4.11. The highest BCUT2D eigenvalue weighted by molar-refractivity contribution is 7.98. The van der Waals surface area contributed by atoms with Crippen LogP contribution in [-0.2, 0) is 27.0 Å². The molecule has 0 aliphatic heterocycles. The summed E-state index contributed by atoms with van der Waals surface area (Å²) in [5, 5.41) is 3.53. The summed E-state index contributed by atoms with van der Waals surface area (Å²) >= 11 is 7.78. The predicted octanol–water partition coefficient (Wildman–Crippen LogP) is 3.72. The summed E-state index contributed by atoms with van der Waals surface area (Å²) in [6.07, 6.45) is 1.80. The van der Waals surface area contributed by atoms with Gasteiger partial charge < -0.3 is 5.32 Å². The second-order valence-corrected chi connectivity index (χ2v) is 9.67. The highest BCUT2D eigenvalue weighted by Crippen LogP contribution is 2.23. The number of para-hydroxylation sites is 1. The molecule has 0 saturated carbocycles. The highest BCUT2D eigenvalue weighted by atomic mass is 35.5. The van der Waals surface area contributed by atoms with Crippen LogP contribution in [-0.4, -0.2) is 39.4 Å². The Hall–Kier alpha value is -1.70. The first-order valence-corrected chi connectivity index (χ1v) is 12.3. The van der Waals surface area contributed by atoms with Gasteiger partial charge in [-0.3, -0.25) is 9.10 Å². The van der Waals surface area contributed by atoms with Gasteiger partial charge in [-0.15, -0.1) is 0 Å². The molecule has 0 bridgehead atoms. The summed E-state index contributed by atoms with van der Waals surface area (Å²) in [6.45, 7) is 2.18. The van der Waals surface area contributed by atoms with Crippen molar-refractivity contribution in [3.63, 3.8) is 0 Å². The van der Waals surface area contributed by atoms with Crippen molar-refractivity contribution in [1.29, 1.82) is 0 Å². The molecule has 2 aromatic rings. The molecule has 8 heteroatoms. The fraction of sp³-hybridized carbons (Fsp3) is 0.350. The normalized spacial score (nSPS) is 11.2. The Morgan fingerprint density at radius 1 is 1.11 bits per heavy atom. The maximum Gasteiger partial charge on any atom is 0.240 e. The molecule has 0 heterocycles. The first-order valence-electron chi connectivity index (χ1n) is 8.96. The molecule has 0 radical (unpaired) electrons. The van der Waals surface area contributed by atoms with E-state index < -0.39 is 10.0 Å². The Bertz CT molecular complexity index is 904. The van der Waals surface area contributed by atoms with E-state index in [1.165, 1.54) is 0 Å². The molecule has 0 spiro atoms. The minimum absolute atomic E-state index is 0.231. The van der Waals surface area contributed by atoms with Crippen molar-refractivity contribution >= 4 is 45.0 Å². The molecule has 0 saturated heterocycles. The Morgan fingerprint density at radius 2 is 1.75 bits per heavy atom. The van der Waals surface area contributed by atoms with E-state index in [0.29, 0.717) is 24.4 Å². The lowest BCUT2D eigenvalue weighted by Crippen LogP contribution is -2.41. The van der Waals surface area contributed by atoms with Crippen LogP contribution in [0.15, 0.2) is 48.5 Å². The van der Waals surface area contributed by atoms with Gasteiger partial charge in [0.1, 0.15) is 6.54 Å². The number of anilines is 1. The van der Waals surface area contributed by atoms with Gasteiger partial charge in [0.15, 0.2) is 0 Å². The Balaban J connectivity index is 1.88. The van der Waals surface area contributed by atoms with Crippen molar-refractivity contribution in [2.24, 2.45) is 0 Å². The van der Waals surface area contributed by atoms with E-state index in [-0.39, 0.29) is 12.5 Å². The largest absolute Gasteiger partial charge is 0.354 e. The lowest BCUT2D eigenvalue weighted by Gasteiger charge is -2.24. The van der Waals surface area contributed by atoms with Crippen LogP contribution in [0, 0.1) is 0 Å². The second kappa shape index (κ2) is 10.7. The maximum absolute atomic E-state index is 12.3. The fourth-order valence-corrected chi connectivity index (χ4v) is 4.71. The molecular formula is C20H25ClN2O3S2. The van der Waals surface area contributed by atoms with Gasteiger partial charge in [-0.2, -0.15) is 11.8 Å². The van der Waals surface area contributed by atoms with Gasteiger partial charge in [0.25, 0.3) is 0 Å². The summed E-state index contributed by atoms with van der Waals surface area (Å²) in [5.74, 6) is 1.14. The molecule has 0 fully saturated rings. The number of sulfonamides is 1. The van der Waals surface area contributed by atoms with Crippen LogP contribution in [0.2, 0.25) is 5.02 Å². The van der Waals surface area contributed by atoms with Crippen LogP contribution in [0.5, 0.6) is 0 Å². The molecule has 0 atom stereocenters. The minimum Gasteiger partial charge on any atom is -0.354 e. The van der Waals surface area contributed by atoms with Crippen LogP contribution >= 0.6 is 23.4 Å². The summed E-state index contributed by atoms with van der Waals surface area (Å²) in [4.78, 5) is 12.3. The lowest BCUT2D eigenvalue weighted by molar-refractivity contribution is -0.119. The number of carbonyl (C=O) groups is 1. The first kappa shape index (κ1) is 22.6. The average Bonchev–Trinajstić information content (AvgIpc) is 2.66. The quantitative estimate of drug-likeness (QED) is 0.572. The molecule has 2 aromatic carbocycles. The van der Waals surface area contributed by atoms with Crippen molar-refractivity contribution in [2.45, 2.75) is 19.1 Å². The van der Waals surface area contributed by atoms with Crippen molar-refractivity contribution < 1.29 is 13.2 Å². The molecule has 5 nitrogen and oxygen atoms in total. The van der Waals surface area contributed by atoms with Crippen LogP contribution in [0.3, 0.4) is 0 Å². The summed E-state index contributed by atoms with van der Waals surface area (Å²) in [5.41, 5.74) is 2.49. The molecule has 1 N–H and O–H groups in total. The smallest absolute Gasteiger partial charge is 0.240 e. The second-order valence-electron chi connectivity index (χ2n) is 6.25. The first-order chi connectivity index (χ1) is 13.3. The van der Waals surface area contributed by atoms with Gasteiger partial charge in [0.2, 0.25) is 15.9 Å². The third kappa shape index (κ3) is 6.72. The van der Waals surface area contributed by atoms with Crippen molar-refractivity contribution in [2.75, 3.05) is 29.4 Å². The van der Waals surface area contributed by atoms with Gasteiger partial charge in [-0.1, -0.05) is 54.9 Å². The third-order valence-corrected chi connectivity index (χ3v) is 6.62. The lowest BCUT2D eigenvalue weighted by atomic mass is 10.1. The van der Waals surface area contributed by atoms with Crippen molar-refractivity contribution in [3.8, 4) is 0 Å². The number of amides is 1. The average molecular weight is 441 g/mol. The fourth-order valence-electron chi connectivity index (χ4n) is 2.68. The van der Waals surface area contributed by atoms with Crippen molar-refractivity contribution in [3.05, 3.63) is 64.7 Å². The molecule has 28 heavy (non-hydrogen) atoms. The van der Waals surface area contributed by atoms with Crippen LogP contribution in [0.25, 0.3) is 0 Å². The number of carbonyl (C=O) groups excluding carboxylic acids is 1. The van der Waals surface area contributed by atoms with E-state index in [4.69, 9.17) is 11.6 Å². The Labute approximate surface area is 176 Å². The number of halogens is 1. The molecular weight excluding hydrogens is 416 g/mol. The number of hydrogen-bond acceptors (Lipinski definition) is 4. The van der Waals surface area contributed by atoms with Crippen LogP contribution in [0.1, 0.15) is 18.1 Å². The van der Waals surface area contributed by atoms with Crippen molar-refractivity contribution in [1.82, 2.24) is 5.32 Å². The minimum atomic E-state index is -3.57. The topological polar surface area (TPSA) is 66.5 Å². The zero-order valence-corrected chi connectivity index (χ0v) is 18.4. The molecule has 2 rings (SSSR count). The maximum atomic E-state index is 12.3. The van der Waals surface area contributed by atoms with Crippen LogP contribution in [0.4, 0.5) is 5.69 Å². The highest BCUT2D eigenvalue weighted by Gasteiger charge is 2.22. The van der Waals surface area contributed by atoms with E-state index in [0.717, 1.165) is 32.5 Å². The number of nitrogens with zero attached hydrogens (tertiary/aromatic N) is 1. The molecule has 152 valence electrons. The summed E-state index contributed by atoms with van der Waals surface area (Å²) in [7, 11) is -3.57. The molecule has 0 unspecified atom stereocenters. The van der Waals surface area contributed by atoms with Gasteiger partial charge in [-0.05, 0) is 29.7 Å². The van der Waals surface area contributed by atoms with Gasteiger partial charge in [0.05, 0.1) is 11.9 Å². The van der Waals surface area contributed by atoms with E-state index in [1.54, 1.807) is 23.9 Å². The Morgan fingerprint density at radius 3 is 2.39 bits per heavy atom. The van der Waals surface area contributed by atoms with E-state index >= 15 is 0 Å². The number of nitrogens with one attached hydrogen (secondary N) is 1. The van der Waals surface area contributed by atoms with Gasteiger partial charge in [0, 0.05) is 23.1 Å². The van der Waals surface area contributed by atoms with E-state index in [2.05, 4.69) is 5.32 Å². The summed E-state index contributed by atoms with van der Waals surface area (Å²) < 4.78 is 25.6. The summed E-state index contributed by atoms with van der Waals surface area (Å²) in [6, 6.07) is 14.9. The number of thioether (sulfide) groups is 1. The molecule has 1 amide bonds. The van der Waals surface area contributed by atoms with Crippen LogP contribution < -0.4 is 9.62 Å². The molecule has 0 aromatic heterocycles. The standard InChI is InChI=1S/C20H25ClN2O3S2/c1-3-16-8-5-7-11-19(16)23(28(2,25)26)14-20(24)22-12-13-27-15-17-9-4-6-10-18(17)21/h4-11H,3,12-15H2,1-2H3,(H,22,24). The van der Waals surface area contributed by atoms with Gasteiger partial charge in [-0.25, -0.2) is 8.42 Å². The Kier molecular flexibility index (Phi) is 8.66. The SMILES string of the molecule is CCc1ccccc1N(CC(=O)NCCSCc1ccccc1Cl)S(C)(=O)=O. The number of rotatable bonds is 10. The number of benzene rings is 2. The zero-order chi connectivity index (χ0) is 20.6. The van der Waals surface area contributed by atoms with E-state index in [9.17, 15) is 13.2 Å². The number of hydrogen-bond donors (Lipinski definition) is 1. The molecule has 0 aliphatic rings. The number of aryl methyl sites for hydroxylation is 1. The predicted molar refractivity (Wildman–Crippen MR) is 119 cm³/mol.